The number of benzene rings is 1. The summed E-state index contributed by atoms with van der Waals surface area (Å²) in [6.45, 7) is 3.58. The van der Waals surface area contributed by atoms with E-state index in [-0.39, 0.29) is 5.63 Å². The lowest BCUT2D eigenvalue weighted by molar-refractivity contribution is -0.209. The summed E-state index contributed by atoms with van der Waals surface area (Å²) in [6.07, 6.45) is 1.30. The third-order valence-electron chi connectivity index (χ3n) is 4.17. The third kappa shape index (κ3) is 2.78. The largest absolute Gasteiger partial charge is 0.423 e. The lowest BCUT2D eigenvalue weighted by Crippen LogP contribution is -2.33. The van der Waals surface area contributed by atoms with E-state index in [2.05, 4.69) is 0 Å². The molecule has 1 aromatic carbocycles. The van der Waals surface area contributed by atoms with Gasteiger partial charge in [-0.05, 0) is 37.6 Å². The van der Waals surface area contributed by atoms with Gasteiger partial charge < -0.3 is 23.7 Å². The van der Waals surface area contributed by atoms with E-state index in [1.165, 1.54) is 6.07 Å². The van der Waals surface area contributed by atoms with Gasteiger partial charge in [-0.3, -0.25) is 0 Å². The van der Waals surface area contributed by atoms with E-state index in [0.29, 0.717) is 5.58 Å². The van der Waals surface area contributed by atoms with E-state index in [4.69, 9.17) is 18.6 Å². The van der Waals surface area contributed by atoms with Gasteiger partial charge in [0.05, 0.1) is 0 Å². The zero-order chi connectivity index (χ0) is 16.9. The molecule has 126 valence electrons. The van der Waals surface area contributed by atoms with Gasteiger partial charge in [-0.2, -0.15) is 0 Å². The second-order valence-corrected chi connectivity index (χ2v) is 6.47. The summed E-state index contributed by atoms with van der Waals surface area (Å²) in [5.74, 6) is -0.743. The zero-order valence-corrected chi connectivity index (χ0v) is 13.3. The maximum absolute atomic E-state index is 11.2. The highest BCUT2D eigenvalue weighted by atomic mass is 16.8. The van der Waals surface area contributed by atoms with E-state index in [1.807, 2.05) is 18.2 Å². The first-order chi connectivity index (χ1) is 11.4. The van der Waals surface area contributed by atoms with E-state index in [0.717, 1.165) is 10.9 Å². The maximum Gasteiger partial charge on any atom is 0.336 e. The fourth-order valence-electron chi connectivity index (χ4n) is 3.08. The van der Waals surface area contributed by atoms with Crippen LogP contribution in [0.5, 0.6) is 0 Å². The minimum Gasteiger partial charge on any atom is -0.423 e. The molecule has 3 heterocycles. The highest BCUT2D eigenvalue weighted by molar-refractivity contribution is 5.79. The van der Waals surface area contributed by atoms with Crippen molar-refractivity contribution in [2.24, 2.45) is 0 Å². The number of hydrogen-bond donors (Lipinski definition) is 1. The Morgan fingerprint density at radius 1 is 1.17 bits per heavy atom. The van der Waals surface area contributed by atoms with Gasteiger partial charge >= 0.3 is 5.63 Å². The lowest BCUT2D eigenvalue weighted by Gasteiger charge is -2.21. The summed E-state index contributed by atoms with van der Waals surface area (Å²) in [6, 6.07) is 8.57. The molecule has 2 fully saturated rings. The Kier molecular flexibility index (Phi) is 3.58. The van der Waals surface area contributed by atoms with E-state index >= 15 is 0 Å². The molecule has 0 aliphatic carbocycles. The summed E-state index contributed by atoms with van der Waals surface area (Å²) in [4.78, 5) is 11.2. The van der Waals surface area contributed by atoms with Gasteiger partial charge in [0, 0.05) is 11.5 Å². The van der Waals surface area contributed by atoms with Gasteiger partial charge in [0.25, 0.3) is 0 Å². The number of rotatable bonds is 2. The Bertz CT molecular complexity index is 852. The van der Waals surface area contributed by atoms with Crippen molar-refractivity contribution in [1.29, 1.82) is 0 Å². The van der Waals surface area contributed by atoms with Crippen LogP contribution >= 0.6 is 0 Å². The number of ether oxygens (including phenoxy) is 3. The minimum absolute atomic E-state index is 0.372. The molecular weight excluding hydrogens is 312 g/mol. The van der Waals surface area contributed by atoms with E-state index < -0.39 is 30.4 Å². The fourth-order valence-corrected chi connectivity index (χ4v) is 3.08. The summed E-state index contributed by atoms with van der Waals surface area (Å²) >= 11 is 0. The topological polar surface area (TPSA) is 78.1 Å². The number of fused-ring (bicyclic) bond motifs is 2. The average Bonchev–Trinajstić information content (AvgIpc) is 2.98. The lowest BCUT2D eigenvalue weighted by atomic mass is 10.1. The fraction of sp³-hybridized carbons (Fsp3) is 0.389. The molecule has 0 spiro atoms. The second kappa shape index (κ2) is 5.53. The van der Waals surface area contributed by atoms with Gasteiger partial charge in [0.15, 0.2) is 12.1 Å². The van der Waals surface area contributed by atoms with Crippen LogP contribution in [0.25, 0.3) is 17.0 Å². The first-order valence-electron chi connectivity index (χ1n) is 7.83. The molecule has 0 unspecified atom stereocenters. The molecule has 4 rings (SSSR count). The minimum atomic E-state index is -0.786. The van der Waals surface area contributed by atoms with Gasteiger partial charge in [-0.15, -0.1) is 0 Å². The molecule has 24 heavy (non-hydrogen) atoms. The number of hydrogen-bond acceptors (Lipinski definition) is 6. The Balaban J connectivity index is 1.52. The normalized spacial score (nSPS) is 31.8. The quantitative estimate of drug-likeness (QED) is 0.849. The molecule has 0 saturated carbocycles. The van der Waals surface area contributed by atoms with Crippen LogP contribution in [0.4, 0.5) is 0 Å². The van der Waals surface area contributed by atoms with E-state index in [1.54, 1.807) is 32.1 Å². The molecule has 2 aliphatic rings. The van der Waals surface area contributed by atoms with Crippen LogP contribution in [0.2, 0.25) is 0 Å². The predicted molar refractivity (Wildman–Crippen MR) is 86.2 cm³/mol. The van der Waals surface area contributed by atoms with Gasteiger partial charge in [0.1, 0.15) is 23.9 Å². The molecular formula is C18H18O6. The highest BCUT2D eigenvalue weighted by Crippen LogP contribution is 2.37. The monoisotopic (exact) mass is 330 g/mol. The molecule has 1 aromatic heterocycles. The van der Waals surface area contributed by atoms with Crippen molar-refractivity contribution in [3.05, 3.63) is 52.4 Å². The maximum atomic E-state index is 11.2. The van der Waals surface area contributed by atoms with Crippen molar-refractivity contribution in [2.75, 3.05) is 0 Å². The molecule has 0 radical (unpaired) electrons. The highest BCUT2D eigenvalue weighted by Gasteiger charge is 2.53. The van der Waals surface area contributed by atoms with Crippen molar-refractivity contribution in [3.8, 4) is 0 Å². The molecule has 4 atom stereocenters. The first-order valence-corrected chi connectivity index (χ1v) is 7.83. The smallest absolute Gasteiger partial charge is 0.336 e. The van der Waals surface area contributed by atoms with Crippen molar-refractivity contribution >= 4 is 17.0 Å². The van der Waals surface area contributed by atoms with Crippen molar-refractivity contribution in [1.82, 2.24) is 0 Å². The zero-order valence-electron chi connectivity index (χ0n) is 13.3. The van der Waals surface area contributed by atoms with Crippen LogP contribution in [0.1, 0.15) is 19.4 Å². The van der Waals surface area contributed by atoms with Crippen molar-refractivity contribution in [2.45, 2.75) is 44.2 Å². The Labute approximate surface area is 138 Å². The van der Waals surface area contributed by atoms with Crippen LogP contribution in [0.3, 0.4) is 0 Å². The standard InChI is InChI=1S/C18H18O6/c1-18(2)23-16-15(20)13(22-17(16)24-18)7-4-10-3-6-12-11(9-10)5-8-14(19)21-12/h3-9,13,15-17,20H,1-2H3/b7-4+/t13-,15+,16-,17-/m1/s1. The van der Waals surface area contributed by atoms with Gasteiger partial charge in [-0.25, -0.2) is 4.79 Å². The summed E-state index contributed by atoms with van der Waals surface area (Å²) < 4.78 is 22.1. The molecule has 0 bridgehead atoms. The van der Waals surface area contributed by atoms with E-state index in [9.17, 15) is 9.90 Å². The van der Waals surface area contributed by atoms with Crippen molar-refractivity contribution < 1.29 is 23.7 Å². The summed E-state index contributed by atoms with van der Waals surface area (Å²) in [7, 11) is 0. The average molecular weight is 330 g/mol. The Hall–Kier alpha value is -1.99. The molecule has 6 heteroatoms. The van der Waals surface area contributed by atoms with Crippen LogP contribution in [-0.4, -0.2) is 35.5 Å². The molecule has 2 aliphatic heterocycles. The summed E-state index contributed by atoms with van der Waals surface area (Å²) in [5, 5.41) is 11.2. The number of aliphatic hydroxyl groups excluding tert-OH is 1. The Morgan fingerprint density at radius 3 is 2.79 bits per heavy atom. The molecule has 0 amide bonds. The van der Waals surface area contributed by atoms with Crippen LogP contribution < -0.4 is 5.63 Å². The third-order valence-corrected chi connectivity index (χ3v) is 4.17. The first kappa shape index (κ1) is 15.5. The van der Waals surface area contributed by atoms with Crippen LogP contribution in [0, 0.1) is 0 Å². The van der Waals surface area contributed by atoms with Crippen LogP contribution in [-0.2, 0) is 14.2 Å². The predicted octanol–water partition coefficient (Wildman–Crippen LogP) is 2.04. The molecule has 6 nitrogen and oxygen atoms in total. The van der Waals surface area contributed by atoms with Gasteiger partial charge in [-0.1, -0.05) is 18.2 Å². The van der Waals surface area contributed by atoms with Crippen LogP contribution in [0.15, 0.2) is 45.6 Å². The molecule has 2 aromatic rings. The van der Waals surface area contributed by atoms with Gasteiger partial charge in [0.2, 0.25) is 0 Å². The molecule has 1 N–H and O–H groups in total. The Morgan fingerprint density at radius 2 is 2.00 bits per heavy atom. The second-order valence-electron chi connectivity index (χ2n) is 6.47. The van der Waals surface area contributed by atoms with Crippen molar-refractivity contribution in [3.63, 3.8) is 0 Å². The summed E-state index contributed by atoms with van der Waals surface area (Å²) in [5.41, 5.74) is 1.07. The molecule has 2 saturated heterocycles. The SMILES string of the molecule is CC1(C)O[C@H]2O[C@H](/C=C/c3ccc4oc(=O)ccc4c3)[C@H](O)[C@H]2O1. The number of aliphatic hydroxyl groups is 1.